The first kappa shape index (κ1) is 21.5. The van der Waals surface area contributed by atoms with Gasteiger partial charge in [-0.25, -0.2) is 0 Å². The van der Waals surface area contributed by atoms with Crippen LogP contribution in [0.15, 0.2) is 41.3 Å². The van der Waals surface area contributed by atoms with E-state index in [9.17, 15) is 9.59 Å². The summed E-state index contributed by atoms with van der Waals surface area (Å²) in [5.74, 6) is 0.00443. The third-order valence-corrected chi connectivity index (χ3v) is 6.66. The normalized spacial score (nSPS) is 28.8. The highest BCUT2D eigenvalue weighted by Crippen LogP contribution is 2.38. The van der Waals surface area contributed by atoms with E-state index in [4.69, 9.17) is 18.9 Å². The molecule has 2 aromatic carbocycles. The molecule has 3 aliphatic heterocycles. The second-order valence-corrected chi connectivity index (χ2v) is 9.86. The maximum Gasteiger partial charge on any atom is 0.290 e. The lowest BCUT2D eigenvalue weighted by Gasteiger charge is -2.25. The number of carbonyl (C=O) groups is 2. The van der Waals surface area contributed by atoms with Gasteiger partial charge in [0.25, 0.3) is 11.1 Å². The lowest BCUT2D eigenvalue weighted by molar-refractivity contribution is -0.180. The van der Waals surface area contributed by atoms with Crippen LogP contribution in [0.2, 0.25) is 0 Å². The molecule has 8 heteroatoms. The Bertz CT molecular complexity index is 1110. The maximum absolute atomic E-state index is 11.8. The van der Waals surface area contributed by atoms with Gasteiger partial charge in [0.2, 0.25) is 0 Å². The van der Waals surface area contributed by atoms with Crippen molar-refractivity contribution in [3.63, 3.8) is 0 Å². The van der Waals surface area contributed by atoms with Gasteiger partial charge in [-0.05, 0) is 66.2 Å². The summed E-state index contributed by atoms with van der Waals surface area (Å²) in [5.41, 5.74) is 0.863. The molecule has 0 radical (unpaired) electrons. The highest BCUT2D eigenvalue weighted by atomic mass is 32.2. The van der Waals surface area contributed by atoms with Crippen LogP contribution in [-0.4, -0.2) is 48.5 Å². The van der Waals surface area contributed by atoms with Gasteiger partial charge in [-0.2, -0.15) is 0 Å². The van der Waals surface area contributed by atoms with Crippen LogP contribution in [0.4, 0.5) is 4.79 Å². The van der Waals surface area contributed by atoms with Gasteiger partial charge in [-0.15, -0.1) is 0 Å². The Balaban J connectivity index is 1.24. The minimum absolute atomic E-state index is 0.0193. The second-order valence-electron chi connectivity index (χ2n) is 8.85. The average Bonchev–Trinajstić information content (AvgIpc) is 3.36. The molecule has 0 spiro atoms. The number of hydrogen-bond donors (Lipinski definition) is 1. The van der Waals surface area contributed by atoms with Gasteiger partial charge < -0.3 is 18.9 Å². The van der Waals surface area contributed by atoms with E-state index < -0.39 is 5.79 Å². The molecule has 3 saturated heterocycles. The number of hydrogen-bond acceptors (Lipinski definition) is 7. The van der Waals surface area contributed by atoms with Crippen molar-refractivity contribution in [3.05, 3.63) is 46.9 Å². The van der Waals surface area contributed by atoms with E-state index in [0.29, 0.717) is 18.1 Å². The predicted octanol–water partition coefficient (Wildman–Crippen LogP) is 4.10. The van der Waals surface area contributed by atoms with Crippen LogP contribution < -0.4 is 10.1 Å². The summed E-state index contributed by atoms with van der Waals surface area (Å²) in [6.45, 7) is 7.02. The number of carbonyl (C=O) groups excluding carboxylic acids is 2. The molecule has 1 N–H and O–H groups in total. The van der Waals surface area contributed by atoms with Crippen LogP contribution in [0.1, 0.15) is 26.3 Å². The molecule has 3 aliphatic rings. The summed E-state index contributed by atoms with van der Waals surface area (Å²) < 4.78 is 23.9. The van der Waals surface area contributed by atoms with Gasteiger partial charge in [0.15, 0.2) is 5.79 Å². The summed E-state index contributed by atoms with van der Waals surface area (Å²) in [4.78, 5) is 23.5. The average molecular weight is 456 g/mol. The van der Waals surface area contributed by atoms with E-state index in [0.717, 1.165) is 33.8 Å². The highest BCUT2D eigenvalue weighted by molar-refractivity contribution is 8.18. The van der Waals surface area contributed by atoms with E-state index in [1.807, 2.05) is 50.2 Å². The molecular weight excluding hydrogens is 430 g/mol. The molecule has 0 bridgehead atoms. The van der Waals surface area contributed by atoms with Crippen molar-refractivity contribution in [1.82, 2.24) is 5.32 Å². The third kappa shape index (κ3) is 4.28. The van der Waals surface area contributed by atoms with E-state index in [-0.39, 0.29) is 35.4 Å². The lowest BCUT2D eigenvalue weighted by Crippen LogP contribution is -2.36. The van der Waals surface area contributed by atoms with Crippen molar-refractivity contribution in [1.29, 1.82) is 0 Å². The first-order chi connectivity index (χ1) is 15.3. The molecule has 3 heterocycles. The van der Waals surface area contributed by atoms with Crippen molar-refractivity contribution < 1.29 is 28.5 Å². The van der Waals surface area contributed by atoms with E-state index in [1.54, 1.807) is 6.08 Å². The molecule has 2 amide bonds. The zero-order valence-electron chi connectivity index (χ0n) is 18.1. The van der Waals surface area contributed by atoms with Crippen LogP contribution in [0.5, 0.6) is 5.75 Å². The Hall–Kier alpha value is -2.39. The number of imide groups is 1. The van der Waals surface area contributed by atoms with E-state index >= 15 is 0 Å². The fourth-order valence-corrected chi connectivity index (χ4v) is 5.06. The molecule has 2 aromatic rings. The van der Waals surface area contributed by atoms with Gasteiger partial charge in [-0.1, -0.05) is 25.1 Å². The van der Waals surface area contributed by atoms with Gasteiger partial charge in [-0.3, -0.25) is 14.9 Å². The minimum atomic E-state index is -0.569. The quantitative estimate of drug-likeness (QED) is 0.680. The molecule has 5 rings (SSSR count). The molecule has 32 heavy (non-hydrogen) atoms. The number of fused-ring (bicyclic) bond motifs is 2. The predicted molar refractivity (Wildman–Crippen MR) is 121 cm³/mol. The molecule has 3 fully saturated rings. The molecule has 4 atom stereocenters. The summed E-state index contributed by atoms with van der Waals surface area (Å²) in [6, 6.07) is 11.8. The standard InChI is InChI=1S/C24H25NO6S/c1-13(20-21-18(12-29-20)30-24(2,3)31-21)11-28-17-7-6-15-8-14(4-5-16(15)10-17)9-19-22(26)25-23(27)32-19/h4-10,13,18,20-21H,11-12H2,1-3H3,(H,25,26,27)/b19-9-/t13?,18-,20?,21-/m1/s1. The molecular formula is C24H25NO6S. The second kappa shape index (κ2) is 8.19. The van der Waals surface area contributed by atoms with Gasteiger partial charge in [0.05, 0.1) is 24.2 Å². The summed E-state index contributed by atoms with van der Waals surface area (Å²) in [7, 11) is 0. The summed E-state index contributed by atoms with van der Waals surface area (Å²) in [6.07, 6.45) is 1.58. The first-order valence-corrected chi connectivity index (χ1v) is 11.5. The highest BCUT2D eigenvalue weighted by Gasteiger charge is 2.51. The SMILES string of the molecule is CC(COc1ccc2cc(/C=C3\SC(=O)NC3=O)ccc2c1)C1OC[C@H]2OC(C)(C)O[C@@H]12. The number of amides is 2. The number of nitrogens with one attached hydrogen (secondary N) is 1. The van der Waals surface area contributed by atoms with Crippen LogP contribution in [0.25, 0.3) is 16.8 Å². The van der Waals surface area contributed by atoms with Crippen LogP contribution in [0, 0.1) is 5.92 Å². The van der Waals surface area contributed by atoms with E-state index in [2.05, 4.69) is 12.2 Å². The third-order valence-electron chi connectivity index (χ3n) is 5.85. The molecule has 0 aliphatic carbocycles. The van der Waals surface area contributed by atoms with Gasteiger partial charge in [0, 0.05) is 5.92 Å². The number of rotatable bonds is 5. The monoisotopic (exact) mass is 455 g/mol. The Kier molecular flexibility index (Phi) is 5.49. The van der Waals surface area contributed by atoms with Crippen molar-refractivity contribution in [3.8, 4) is 5.75 Å². The molecule has 7 nitrogen and oxygen atoms in total. The number of ether oxygens (including phenoxy) is 4. The van der Waals surface area contributed by atoms with Gasteiger partial charge in [0.1, 0.15) is 18.0 Å². The maximum atomic E-state index is 11.8. The Morgan fingerprint density at radius 3 is 2.75 bits per heavy atom. The van der Waals surface area contributed by atoms with Crippen molar-refractivity contribution in [2.75, 3.05) is 13.2 Å². The Labute approximate surface area is 190 Å². The minimum Gasteiger partial charge on any atom is -0.493 e. The molecule has 2 unspecified atom stereocenters. The zero-order chi connectivity index (χ0) is 22.5. The summed E-state index contributed by atoms with van der Waals surface area (Å²) in [5, 5.41) is 3.98. The molecule has 0 saturated carbocycles. The number of benzene rings is 2. The Morgan fingerprint density at radius 1 is 1.19 bits per heavy atom. The fourth-order valence-electron chi connectivity index (χ4n) is 4.38. The van der Waals surface area contributed by atoms with Crippen LogP contribution in [-0.2, 0) is 19.0 Å². The first-order valence-electron chi connectivity index (χ1n) is 10.7. The summed E-state index contributed by atoms with van der Waals surface area (Å²) >= 11 is 0.916. The van der Waals surface area contributed by atoms with Crippen LogP contribution >= 0.6 is 11.8 Å². The van der Waals surface area contributed by atoms with E-state index in [1.165, 1.54) is 0 Å². The Morgan fingerprint density at radius 2 is 1.97 bits per heavy atom. The van der Waals surface area contributed by atoms with Gasteiger partial charge >= 0.3 is 0 Å². The largest absolute Gasteiger partial charge is 0.493 e. The smallest absolute Gasteiger partial charge is 0.290 e. The zero-order valence-corrected chi connectivity index (χ0v) is 18.9. The molecule has 0 aromatic heterocycles. The fraction of sp³-hybridized carbons (Fsp3) is 0.417. The number of thioether (sulfide) groups is 1. The lowest BCUT2D eigenvalue weighted by atomic mass is 9.99. The van der Waals surface area contributed by atoms with Crippen molar-refractivity contribution >= 4 is 39.8 Å². The molecule has 168 valence electrons. The van der Waals surface area contributed by atoms with Crippen molar-refractivity contribution in [2.24, 2.45) is 5.92 Å². The van der Waals surface area contributed by atoms with Crippen LogP contribution in [0.3, 0.4) is 0 Å². The topological polar surface area (TPSA) is 83.1 Å². The van der Waals surface area contributed by atoms with Crippen molar-refractivity contribution in [2.45, 2.75) is 44.9 Å².